The first-order chi connectivity index (χ1) is 61.3. The van der Waals surface area contributed by atoms with E-state index in [0.717, 1.165) is 0 Å². The molecule has 8 aliphatic heterocycles. The quantitative estimate of drug-likeness (QED) is 0.0334. The number of carbonyl (C=O) groups is 8. The first kappa shape index (κ1) is 107. The predicted molar refractivity (Wildman–Crippen MR) is 438 cm³/mol. The van der Waals surface area contributed by atoms with E-state index < -0.39 is 313 Å². The maximum Gasteiger partial charge on any atom is 0.338 e. The van der Waals surface area contributed by atoms with Crippen LogP contribution in [0.4, 0.5) is 0 Å². The van der Waals surface area contributed by atoms with Gasteiger partial charge in [0.1, 0.15) is 116 Å². The summed E-state index contributed by atoms with van der Waals surface area (Å²) in [6.45, 7) is 24.7. The third-order valence-corrected chi connectivity index (χ3v) is 24.4. The molecule has 8 fully saturated rings. The van der Waals surface area contributed by atoms with E-state index in [9.17, 15) is 89.4 Å². The average molecular weight is 1860 g/mol. The average Bonchev–Trinajstić information content (AvgIpc) is 1.61. The number of aliphatic hydroxyl groups is 10. The van der Waals surface area contributed by atoms with E-state index in [1.807, 2.05) is 48.5 Å². The molecule has 0 aromatic heterocycles. The minimum Gasteiger partial charge on any atom is -0.463 e. The van der Waals surface area contributed by atoms with Gasteiger partial charge in [0, 0.05) is 71.1 Å². The molecule has 130 heavy (non-hydrogen) atoms. The molecule has 10 rings (SSSR count). The maximum absolute atomic E-state index is 14.4. The zero-order valence-electron chi connectivity index (χ0n) is 76.3. The Morgan fingerprint density at radius 1 is 0.338 bits per heavy atom. The molecule has 8 saturated heterocycles. The van der Waals surface area contributed by atoms with Crippen LogP contribution in [-0.2, 0) is 142 Å². The van der Waals surface area contributed by atoms with Crippen molar-refractivity contribution in [3.63, 3.8) is 0 Å². The molecule has 42 heteroatoms. The van der Waals surface area contributed by atoms with Gasteiger partial charge in [-0.1, -0.05) is 91.8 Å². The second-order valence-electron chi connectivity index (χ2n) is 35.0. The van der Waals surface area contributed by atoms with Crippen LogP contribution < -0.4 is 0 Å². The van der Waals surface area contributed by atoms with E-state index in [2.05, 4.69) is 0 Å². The summed E-state index contributed by atoms with van der Waals surface area (Å²) in [6.07, 6.45) is -38.1. The molecule has 0 spiro atoms. The second kappa shape index (κ2) is 48.1. The molecule has 42 nitrogen and oxygen atoms in total. The summed E-state index contributed by atoms with van der Waals surface area (Å²) < 4.78 is 145. The third kappa shape index (κ3) is 28.0. The van der Waals surface area contributed by atoms with Crippen LogP contribution in [0.2, 0.25) is 0 Å². The molecule has 0 saturated carbocycles. The summed E-state index contributed by atoms with van der Waals surface area (Å²) in [5, 5.41) is 99.7. The fraction of sp³-hybridized carbons (Fsp3) is 0.773. The SMILES string of the molecule is CC1(C)O[C@H]([C@H](O)COC2O[C@H](CO)[C@@H](O)[C@H](O)[C@H]2O)[C@@H]([C@H](O)CO[C@@H]2O[C@H](CO)[C@@H](O)[C@H](O)[C@H]2O)O1.CC[C@H]1O[C@@H](OC[C@H]2O[C@@H](OC[C@@H](OC(=O)c3ccccc3)[C@H]3OC(C)(C)O[C@@H]3[C@@H](CO[C@@H]3O[C@H](CO[C@@H]4O[C@H](COC(C)=O)[C@@H](OC(C)=O)[C@H](OC(C)=O)[C@H]4C)[C@@H](OC(C)=O)[C@H](C)[C@H]3C)OC(=O)c3ccccc3)[C@H](OC(C)=O)[C@@H](C)[C@@H]2C)[C@H](OC(C)=O)[C@@H](C)[C@@H]1C. The summed E-state index contributed by atoms with van der Waals surface area (Å²) in [6, 6.07) is 16.4. The molecule has 736 valence electrons. The topological polar surface area (TPSA) is 560 Å². The Labute approximate surface area is 753 Å². The summed E-state index contributed by atoms with van der Waals surface area (Å²) >= 11 is 0. The highest BCUT2D eigenvalue weighted by Gasteiger charge is 2.58. The van der Waals surface area contributed by atoms with Crippen LogP contribution in [0.25, 0.3) is 0 Å². The lowest BCUT2D eigenvalue weighted by atomic mass is 9.82. The smallest absolute Gasteiger partial charge is 0.338 e. The number of benzene rings is 2. The number of esters is 8. The summed E-state index contributed by atoms with van der Waals surface area (Å²) in [7, 11) is 0. The van der Waals surface area contributed by atoms with Gasteiger partial charge in [-0.25, -0.2) is 9.59 Å². The molecule has 2 aromatic rings. The van der Waals surface area contributed by atoms with Gasteiger partial charge in [0.15, 0.2) is 79.8 Å². The Hall–Kier alpha value is -6.84. The minimum absolute atomic E-state index is 0.0540. The van der Waals surface area contributed by atoms with Gasteiger partial charge in [-0.05, 0) is 70.2 Å². The van der Waals surface area contributed by atoms with Crippen LogP contribution >= 0.6 is 0 Å². The molecule has 0 bridgehead atoms. The van der Waals surface area contributed by atoms with Gasteiger partial charge in [-0.2, -0.15) is 0 Å². The highest BCUT2D eigenvalue weighted by Crippen LogP contribution is 2.43. The number of ether oxygens (including phenoxy) is 24. The monoisotopic (exact) mass is 1860 g/mol. The molecule has 0 aliphatic carbocycles. The molecule has 0 amide bonds. The van der Waals surface area contributed by atoms with Crippen LogP contribution in [0.5, 0.6) is 0 Å². The fourth-order valence-corrected chi connectivity index (χ4v) is 16.9. The number of carbonyl (C=O) groups excluding carboxylic acids is 8. The lowest BCUT2D eigenvalue weighted by Gasteiger charge is -2.46. The van der Waals surface area contributed by atoms with E-state index in [0.29, 0.717) is 6.42 Å². The maximum atomic E-state index is 14.4. The van der Waals surface area contributed by atoms with Crippen LogP contribution in [0, 0.1) is 41.4 Å². The van der Waals surface area contributed by atoms with Crippen molar-refractivity contribution in [3.05, 3.63) is 71.8 Å². The van der Waals surface area contributed by atoms with Crippen LogP contribution in [0.3, 0.4) is 0 Å². The van der Waals surface area contributed by atoms with Crippen molar-refractivity contribution in [1.29, 1.82) is 0 Å². The Morgan fingerprint density at radius 2 is 0.669 bits per heavy atom. The Bertz CT molecular complexity index is 3860. The van der Waals surface area contributed by atoms with Crippen molar-refractivity contribution in [1.82, 2.24) is 0 Å². The zero-order valence-corrected chi connectivity index (χ0v) is 76.3. The van der Waals surface area contributed by atoms with Gasteiger partial charge in [0.2, 0.25) is 0 Å². The third-order valence-electron chi connectivity index (χ3n) is 24.4. The normalized spacial score (nSPS) is 38.0. The summed E-state index contributed by atoms with van der Waals surface area (Å²) in [5.74, 6) is -10.7. The molecule has 0 radical (unpaired) electrons. The van der Waals surface area contributed by atoms with Crippen molar-refractivity contribution in [2.75, 3.05) is 59.5 Å². The van der Waals surface area contributed by atoms with E-state index in [-0.39, 0.29) is 48.2 Å². The number of hydrogen-bond donors (Lipinski definition) is 10. The number of rotatable bonds is 36. The van der Waals surface area contributed by atoms with Crippen molar-refractivity contribution < 1.29 is 203 Å². The largest absolute Gasteiger partial charge is 0.463 e. The van der Waals surface area contributed by atoms with E-state index in [1.165, 1.54) is 55.4 Å². The van der Waals surface area contributed by atoms with E-state index in [4.69, 9.17) is 114 Å². The fourth-order valence-electron chi connectivity index (χ4n) is 16.9. The molecule has 8 aliphatic rings. The highest BCUT2D eigenvalue weighted by molar-refractivity contribution is 5.90. The minimum atomic E-state index is -1.68. The Kier molecular flexibility index (Phi) is 39.5. The zero-order chi connectivity index (χ0) is 95.8. The standard InChI is InChI=1S/C67H94O26.C21H38O16/c1-17-48-33(2)35(4)56(83-43(12)71)65(88-48)79-28-49-34(3)36(5)57(84-44(13)72)66(89-49)80-32-53(87-62(75)47-26-22-19-23-27-47)60-59(92-67(15,16)93-60)52(86-61(74)46-24-20-18-21-25-46)31-77-63-38(7)37(6)54(81-41(10)69)50(90-63)30-78-64-39(8)55(82-42(11)70)58(85-45(14)73)51(91-64)29-76-40(9)68;1-21(2)36-17(7(24)5-32-19-15(30)13(28)11(26)9(3-22)34-19)18(37-21)8(25)6-33-20-16(31)14(29)12(27)10(4-23)35-20/h18-27,33-39,48-60,63-66H,17,28-32H2,1-16H3;7-20,22-31H,3-6H2,1-2H3/t33-,34-,35-,36-,37+,38+,39+,48+,49+,50+,51+,52+,53+,54-,55+,56+,57+,58+,59+,60+,63+,64+,65+,66+;7-,8-,9-,10-,11-,12-,13+,14+,15-,16-,17-,18-,19-,20?/m01/s1. The lowest BCUT2D eigenvalue weighted by molar-refractivity contribution is -0.315. The van der Waals surface area contributed by atoms with Gasteiger partial charge in [-0.15, -0.1) is 0 Å². The molecule has 38 atom stereocenters. The van der Waals surface area contributed by atoms with E-state index >= 15 is 0 Å². The van der Waals surface area contributed by atoms with E-state index in [1.54, 1.807) is 81.4 Å². The highest BCUT2D eigenvalue weighted by atomic mass is 16.8. The van der Waals surface area contributed by atoms with Crippen molar-refractivity contribution in [3.8, 4) is 0 Å². The predicted octanol–water partition coefficient (Wildman–Crippen LogP) is 0.869. The van der Waals surface area contributed by atoms with Crippen molar-refractivity contribution in [2.24, 2.45) is 41.4 Å². The first-order valence-electron chi connectivity index (χ1n) is 43.8. The molecule has 8 heterocycles. The first-order valence-corrected chi connectivity index (χ1v) is 43.8. The van der Waals surface area contributed by atoms with Crippen molar-refractivity contribution >= 4 is 47.8 Å². The molecule has 2 aromatic carbocycles. The van der Waals surface area contributed by atoms with Crippen molar-refractivity contribution in [2.45, 2.75) is 333 Å². The van der Waals surface area contributed by atoms with Crippen LogP contribution in [0.15, 0.2) is 60.7 Å². The van der Waals surface area contributed by atoms with Gasteiger partial charge in [0.25, 0.3) is 0 Å². The Morgan fingerprint density at radius 3 is 1.09 bits per heavy atom. The number of aliphatic hydroxyl groups excluding tert-OH is 10. The lowest BCUT2D eigenvalue weighted by Crippen LogP contribution is -2.60. The second-order valence-corrected chi connectivity index (χ2v) is 35.0. The van der Waals surface area contributed by atoms with Gasteiger partial charge in [-0.3, -0.25) is 28.8 Å². The molecular formula is C88H132O42. The number of hydrogen-bond acceptors (Lipinski definition) is 42. The van der Waals surface area contributed by atoms with Gasteiger partial charge in [0.05, 0.1) is 76.2 Å². The van der Waals surface area contributed by atoms with Gasteiger partial charge < -0.3 is 165 Å². The Balaban J connectivity index is 0.000000427. The summed E-state index contributed by atoms with van der Waals surface area (Å²) in [5.41, 5.74) is 0.350. The summed E-state index contributed by atoms with van der Waals surface area (Å²) in [4.78, 5) is 104. The molecular weight excluding hydrogens is 1730 g/mol. The van der Waals surface area contributed by atoms with Crippen LogP contribution in [-0.4, -0.2) is 360 Å². The molecule has 1 unspecified atom stereocenters. The van der Waals surface area contributed by atoms with Crippen LogP contribution in [0.1, 0.15) is 152 Å². The van der Waals surface area contributed by atoms with Gasteiger partial charge >= 0.3 is 47.8 Å². The molecule has 10 N–H and O–H groups in total.